The van der Waals surface area contributed by atoms with E-state index < -0.39 is 20.0 Å². The minimum atomic E-state index is -4.31. The molecule has 54 heavy (non-hydrogen) atoms. The van der Waals surface area contributed by atoms with Crippen LogP contribution in [0.2, 0.25) is 0 Å². The Morgan fingerprint density at radius 3 is 1.19 bits per heavy atom. The standard InChI is InChI=1S/C45H93N2O6P/c1-3-5-7-9-11-13-15-17-19-20-21-22-23-24-25-27-29-31-33-35-37-39-45(49)47-43(42-53-54(50,51)52-41-40-46)44(48)38-36-34-32-30-28-26-18-16-14-12-10-8-6-4-2/h43-44,48H,3-42,46H2,1-2H3,(H,47,49)(H,50,51). The van der Waals surface area contributed by atoms with Crippen molar-refractivity contribution < 1.29 is 28.4 Å². The van der Waals surface area contributed by atoms with Crippen LogP contribution in [-0.2, 0) is 18.4 Å². The fourth-order valence-electron chi connectivity index (χ4n) is 7.37. The Kier molecular flexibility index (Phi) is 41.7. The third-order valence-corrected chi connectivity index (χ3v) is 11.9. The van der Waals surface area contributed by atoms with Crippen LogP contribution in [0.5, 0.6) is 0 Å². The van der Waals surface area contributed by atoms with E-state index in [4.69, 9.17) is 14.8 Å². The lowest BCUT2D eigenvalue weighted by Crippen LogP contribution is -2.46. The van der Waals surface area contributed by atoms with Crippen molar-refractivity contribution in [2.45, 2.75) is 264 Å². The Hall–Kier alpha value is -0.500. The number of nitrogens with two attached hydrogens (primary N) is 1. The Morgan fingerprint density at radius 2 is 0.852 bits per heavy atom. The number of aliphatic hydroxyl groups excluding tert-OH is 1. The lowest BCUT2D eigenvalue weighted by molar-refractivity contribution is -0.123. The molecule has 0 heterocycles. The van der Waals surface area contributed by atoms with E-state index in [1.165, 1.54) is 186 Å². The maximum absolute atomic E-state index is 12.8. The van der Waals surface area contributed by atoms with Crippen LogP contribution in [0.3, 0.4) is 0 Å². The molecule has 0 aliphatic carbocycles. The highest BCUT2D eigenvalue weighted by molar-refractivity contribution is 7.47. The molecule has 1 amide bonds. The molecule has 0 bridgehead atoms. The first kappa shape index (κ1) is 53.5. The van der Waals surface area contributed by atoms with Crippen LogP contribution in [-0.4, -0.2) is 47.8 Å². The largest absolute Gasteiger partial charge is 0.472 e. The van der Waals surface area contributed by atoms with Gasteiger partial charge in [-0.3, -0.25) is 13.8 Å². The van der Waals surface area contributed by atoms with Crippen molar-refractivity contribution in [2.24, 2.45) is 5.73 Å². The minimum Gasteiger partial charge on any atom is -0.391 e. The molecular formula is C45H93N2O6P. The lowest BCUT2D eigenvalue weighted by atomic mass is 10.0. The zero-order valence-corrected chi connectivity index (χ0v) is 36.9. The van der Waals surface area contributed by atoms with Crippen molar-refractivity contribution in [3.05, 3.63) is 0 Å². The summed E-state index contributed by atoms with van der Waals surface area (Å²) in [4.78, 5) is 22.8. The van der Waals surface area contributed by atoms with E-state index in [1.807, 2.05) is 0 Å². The molecule has 3 atom stereocenters. The fourth-order valence-corrected chi connectivity index (χ4v) is 8.13. The van der Waals surface area contributed by atoms with Gasteiger partial charge >= 0.3 is 7.82 Å². The normalized spacial score (nSPS) is 13.9. The highest BCUT2D eigenvalue weighted by Gasteiger charge is 2.27. The summed E-state index contributed by atoms with van der Waals surface area (Å²) in [5.41, 5.74) is 5.39. The number of nitrogens with one attached hydrogen (secondary N) is 1. The zero-order valence-electron chi connectivity index (χ0n) is 36.0. The van der Waals surface area contributed by atoms with Gasteiger partial charge in [0.25, 0.3) is 0 Å². The molecule has 324 valence electrons. The molecule has 0 aliphatic rings. The van der Waals surface area contributed by atoms with Crippen molar-refractivity contribution in [2.75, 3.05) is 19.8 Å². The average Bonchev–Trinajstić information content (AvgIpc) is 3.16. The molecule has 0 fully saturated rings. The van der Waals surface area contributed by atoms with Crippen LogP contribution in [0, 0.1) is 0 Å². The number of hydrogen-bond acceptors (Lipinski definition) is 6. The molecule has 0 radical (unpaired) electrons. The third-order valence-electron chi connectivity index (χ3n) is 11.0. The van der Waals surface area contributed by atoms with Crippen LogP contribution in [0.25, 0.3) is 0 Å². The molecule has 0 aromatic carbocycles. The van der Waals surface area contributed by atoms with Crippen LogP contribution >= 0.6 is 7.82 Å². The second kappa shape index (κ2) is 42.1. The first-order valence-electron chi connectivity index (χ1n) is 23.7. The molecule has 0 saturated heterocycles. The van der Waals surface area contributed by atoms with Crippen LogP contribution in [0.1, 0.15) is 251 Å². The highest BCUT2D eigenvalue weighted by atomic mass is 31.2. The number of carbonyl (C=O) groups excluding carboxylic acids is 1. The zero-order chi connectivity index (χ0) is 39.6. The molecule has 5 N–H and O–H groups in total. The summed E-state index contributed by atoms with van der Waals surface area (Å²) in [5, 5.41) is 13.8. The van der Waals surface area contributed by atoms with Gasteiger partial charge in [0.1, 0.15) is 0 Å². The summed E-state index contributed by atoms with van der Waals surface area (Å²) in [6, 6.07) is -0.767. The number of aliphatic hydroxyl groups is 1. The van der Waals surface area contributed by atoms with Gasteiger partial charge in [0.2, 0.25) is 5.91 Å². The van der Waals surface area contributed by atoms with Gasteiger partial charge in [-0.05, 0) is 12.8 Å². The number of carbonyl (C=O) groups is 1. The van der Waals surface area contributed by atoms with Gasteiger partial charge in [-0.1, -0.05) is 232 Å². The smallest absolute Gasteiger partial charge is 0.391 e. The number of phosphoric ester groups is 1. The van der Waals surface area contributed by atoms with Crippen LogP contribution < -0.4 is 11.1 Å². The van der Waals surface area contributed by atoms with E-state index in [1.54, 1.807) is 0 Å². The number of hydrogen-bond donors (Lipinski definition) is 4. The predicted octanol–water partition coefficient (Wildman–Crippen LogP) is 13.4. The number of phosphoric acid groups is 1. The first-order chi connectivity index (χ1) is 26.4. The van der Waals surface area contributed by atoms with Crippen LogP contribution in [0.4, 0.5) is 0 Å². The maximum atomic E-state index is 12.8. The summed E-state index contributed by atoms with van der Waals surface area (Å²) >= 11 is 0. The van der Waals surface area contributed by atoms with Gasteiger partial charge in [-0.15, -0.1) is 0 Å². The van der Waals surface area contributed by atoms with Gasteiger partial charge in [0, 0.05) is 13.0 Å². The molecule has 0 saturated carbocycles. The Balaban J connectivity index is 4.02. The highest BCUT2D eigenvalue weighted by Crippen LogP contribution is 2.43. The Labute approximate surface area is 335 Å². The van der Waals surface area contributed by atoms with E-state index >= 15 is 0 Å². The Morgan fingerprint density at radius 1 is 0.537 bits per heavy atom. The second-order valence-corrected chi connectivity index (χ2v) is 17.8. The van der Waals surface area contributed by atoms with Crippen molar-refractivity contribution in [1.82, 2.24) is 5.32 Å². The summed E-state index contributed by atoms with van der Waals surface area (Å²) < 4.78 is 22.2. The van der Waals surface area contributed by atoms with Crippen molar-refractivity contribution in [3.8, 4) is 0 Å². The van der Waals surface area contributed by atoms with E-state index in [9.17, 15) is 19.4 Å². The SMILES string of the molecule is CCCCCCCCCCCCCCCCCCCCCCCC(=O)NC(COP(=O)(O)OCCN)C(O)CCCCCCCCCCCCCCCC. The number of unbranched alkanes of at least 4 members (excludes halogenated alkanes) is 33. The third kappa shape index (κ3) is 39.7. The van der Waals surface area contributed by atoms with Gasteiger partial charge < -0.3 is 21.1 Å². The number of rotatable bonds is 45. The van der Waals surface area contributed by atoms with Gasteiger partial charge in [-0.25, -0.2) is 4.57 Å². The van der Waals surface area contributed by atoms with Crippen molar-refractivity contribution in [3.63, 3.8) is 0 Å². The topological polar surface area (TPSA) is 131 Å². The molecule has 0 aromatic rings. The lowest BCUT2D eigenvalue weighted by Gasteiger charge is -2.25. The van der Waals surface area contributed by atoms with Gasteiger partial charge in [0.05, 0.1) is 25.4 Å². The van der Waals surface area contributed by atoms with Crippen molar-refractivity contribution >= 4 is 13.7 Å². The average molecular weight is 789 g/mol. The van der Waals surface area contributed by atoms with Gasteiger partial charge in [0.15, 0.2) is 0 Å². The van der Waals surface area contributed by atoms with Crippen LogP contribution in [0.15, 0.2) is 0 Å². The Bertz CT molecular complexity index is 819. The van der Waals surface area contributed by atoms with Gasteiger partial charge in [-0.2, -0.15) is 0 Å². The van der Waals surface area contributed by atoms with E-state index in [-0.39, 0.29) is 25.7 Å². The molecule has 0 rings (SSSR count). The summed E-state index contributed by atoms with van der Waals surface area (Å²) in [5.74, 6) is -0.155. The predicted molar refractivity (Wildman–Crippen MR) is 231 cm³/mol. The summed E-state index contributed by atoms with van der Waals surface area (Å²) in [7, 11) is -4.31. The summed E-state index contributed by atoms with van der Waals surface area (Å²) in [6.45, 7) is 4.24. The molecule has 9 heteroatoms. The maximum Gasteiger partial charge on any atom is 0.472 e. The molecule has 0 aromatic heterocycles. The minimum absolute atomic E-state index is 0.0926. The van der Waals surface area contributed by atoms with E-state index in [0.29, 0.717) is 12.8 Å². The monoisotopic (exact) mass is 789 g/mol. The second-order valence-electron chi connectivity index (χ2n) is 16.3. The van der Waals surface area contributed by atoms with E-state index in [0.717, 1.165) is 38.5 Å². The molecule has 0 aliphatic heterocycles. The summed E-state index contributed by atoms with van der Waals surface area (Å²) in [6.07, 6.45) is 45.4. The molecule has 8 nitrogen and oxygen atoms in total. The molecule has 0 spiro atoms. The number of amides is 1. The quantitative estimate of drug-likeness (QED) is 0.0357. The molecular weight excluding hydrogens is 695 g/mol. The van der Waals surface area contributed by atoms with E-state index in [2.05, 4.69) is 19.2 Å². The van der Waals surface area contributed by atoms with Crippen molar-refractivity contribution in [1.29, 1.82) is 0 Å². The fraction of sp³-hybridized carbons (Fsp3) is 0.978. The first-order valence-corrected chi connectivity index (χ1v) is 25.1. The molecule has 3 unspecified atom stereocenters.